The first-order chi connectivity index (χ1) is 6.81. The molecule has 0 saturated heterocycles. The van der Waals surface area contributed by atoms with Crippen LogP contribution in [0.2, 0.25) is 0 Å². The molecule has 0 unspecified atom stereocenters. The van der Waals surface area contributed by atoms with E-state index >= 15 is 0 Å². The van der Waals surface area contributed by atoms with E-state index in [0.29, 0.717) is 0 Å². The van der Waals surface area contributed by atoms with Gasteiger partial charge in [-0.1, -0.05) is 62.8 Å². The second-order valence-corrected chi connectivity index (χ2v) is 4.00. The van der Waals surface area contributed by atoms with Crippen molar-refractivity contribution in [1.29, 1.82) is 0 Å². The van der Waals surface area contributed by atoms with Crippen molar-refractivity contribution in [2.75, 3.05) is 0 Å². The molecule has 0 aromatic rings. The van der Waals surface area contributed by atoms with E-state index in [4.69, 9.17) is 0 Å². The number of rotatable bonds is 8. The minimum Gasteiger partial charge on any atom is -0.0874 e. The third-order valence-electron chi connectivity index (χ3n) is 2.45. The van der Waals surface area contributed by atoms with Gasteiger partial charge in [0.15, 0.2) is 0 Å². The number of hydrogen-bond donors (Lipinski definition) is 0. The first-order valence-corrected chi connectivity index (χ1v) is 6.10. The van der Waals surface area contributed by atoms with E-state index in [1.807, 2.05) is 0 Å². The van der Waals surface area contributed by atoms with Crippen LogP contribution in [0.3, 0.4) is 0 Å². The Morgan fingerprint density at radius 3 is 2.29 bits per heavy atom. The molecule has 0 aliphatic heterocycles. The first kappa shape index (κ1) is 13.5. The van der Waals surface area contributed by atoms with E-state index in [1.54, 1.807) is 0 Å². The summed E-state index contributed by atoms with van der Waals surface area (Å²) >= 11 is 0. The normalized spacial score (nSPS) is 12.6. The monoisotopic (exact) mass is 194 g/mol. The van der Waals surface area contributed by atoms with Crippen molar-refractivity contribution in [2.24, 2.45) is 0 Å². The molecule has 0 aromatic carbocycles. The van der Waals surface area contributed by atoms with Gasteiger partial charge in [0.05, 0.1) is 0 Å². The lowest BCUT2D eigenvalue weighted by Crippen LogP contribution is -1.78. The highest BCUT2D eigenvalue weighted by molar-refractivity contribution is 5.14. The highest BCUT2D eigenvalue weighted by Gasteiger charge is 1.88. The van der Waals surface area contributed by atoms with E-state index in [9.17, 15) is 0 Å². The molecule has 82 valence electrons. The van der Waals surface area contributed by atoms with Gasteiger partial charge in [-0.05, 0) is 26.7 Å². The molecule has 0 amide bonds. The molecule has 0 nitrogen and oxygen atoms in total. The Hall–Kier alpha value is -0.520. The first-order valence-electron chi connectivity index (χ1n) is 6.10. The van der Waals surface area contributed by atoms with Gasteiger partial charge in [0.2, 0.25) is 0 Å². The zero-order valence-electron chi connectivity index (χ0n) is 10.2. The minimum atomic E-state index is 1.25. The van der Waals surface area contributed by atoms with Crippen molar-refractivity contribution >= 4 is 0 Å². The molecule has 0 heteroatoms. The summed E-state index contributed by atoms with van der Waals surface area (Å²) in [4.78, 5) is 0. The molecule has 0 atom stereocenters. The molecule has 0 heterocycles. The number of unbranched alkanes of at least 4 members (excludes halogenated alkanes) is 6. The van der Waals surface area contributed by atoms with E-state index in [0.717, 1.165) is 0 Å². The Labute approximate surface area is 90.1 Å². The molecular weight excluding hydrogens is 168 g/mol. The van der Waals surface area contributed by atoms with E-state index in [1.165, 1.54) is 50.5 Å². The molecule has 0 spiro atoms. The van der Waals surface area contributed by atoms with Crippen LogP contribution in [-0.4, -0.2) is 0 Å². The molecule has 0 bridgehead atoms. The Morgan fingerprint density at radius 2 is 1.64 bits per heavy atom. The van der Waals surface area contributed by atoms with Gasteiger partial charge < -0.3 is 0 Å². The summed E-state index contributed by atoms with van der Waals surface area (Å²) in [6.45, 7) is 6.52. The summed E-state index contributed by atoms with van der Waals surface area (Å²) in [5.74, 6) is 0. The largest absolute Gasteiger partial charge is 0.0874 e. The molecule has 0 aliphatic rings. The van der Waals surface area contributed by atoms with Crippen molar-refractivity contribution in [3.8, 4) is 0 Å². The summed E-state index contributed by atoms with van der Waals surface area (Å²) < 4.78 is 0. The fourth-order valence-electron chi connectivity index (χ4n) is 1.59. The Morgan fingerprint density at radius 1 is 1.00 bits per heavy atom. The van der Waals surface area contributed by atoms with Crippen LogP contribution in [-0.2, 0) is 0 Å². The van der Waals surface area contributed by atoms with Gasteiger partial charge in [0, 0.05) is 0 Å². The second kappa shape index (κ2) is 10.6. The van der Waals surface area contributed by atoms with Gasteiger partial charge in [-0.2, -0.15) is 0 Å². The molecule has 0 N–H and O–H groups in total. The zero-order valence-corrected chi connectivity index (χ0v) is 10.2. The Bertz CT molecular complexity index is 163. The Kier molecular flexibility index (Phi) is 10.2. The van der Waals surface area contributed by atoms with Crippen LogP contribution in [0.15, 0.2) is 23.8 Å². The van der Waals surface area contributed by atoms with Crippen LogP contribution in [0.5, 0.6) is 0 Å². The summed E-state index contributed by atoms with van der Waals surface area (Å²) in [7, 11) is 0. The van der Waals surface area contributed by atoms with Gasteiger partial charge in [-0.25, -0.2) is 0 Å². The van der Waals surface area contributed by atoms with Crippen LogP contribution in [0.1, 0.15) is 65.7 Å². The van der Waals surface area contributed by atoms with E-state index in [2.05, 4.69) is 39.0 Å². The zero-order chi connectivity index (χ0) is 10.6. The van der Waals surface area contributed by atoms with Crippen molar-refractivity contribution < 1.29 is 0 Å². The number of hydrogen-bond acceptors (Lipinski definition) is 0. The lowest BCUT2D eigenvalue weighted by Gasteiger charge is -1.98. The predicted octanol–water partition coefficient (Wildman–Crippen LogP) is 5.26. The maximum atomic E-state index is 2.35. The fourth-order valence-corrected chi connectivity index (χ4v) is 1.59. The average molecular weight is 194 g/mol. The lowest BCUT2D eigenvalue weighted by molar-refractivity contribution is 0.611. The summed E-state index contributed by atoms with van der Waals surface area (Å²) in [5.41, 5.74) is 1.40. The molecule has 0 fully saturated rings. The van der Waals surface area contributed by atoms with Gasteiger partial charge in [-0.3, -0.25) is 0 Å². The van der Waals surface area contributed by atoms with Crippen LogP contribution in [0, 0.1) is 0 Å². The summed E-state index contributed by atoms with van der Waals surface area (Å²) in [6, 6.07) is 0. The van der Waals surface area contributed by atoms with Crippen molar-refractivity contribution in [1.82, 2.24) is 0 Å². The molecule has 0 aromatic heterocycles. The van der Waals surface area contributed by atoms with Gasteiger partial charge in [-0.15, -0.1) is 0 Å². The van der Waals surface area contributed by atoms with Gasteiger partial charge >= 0.3 is 0 Å². The maximum Gasteiger partial charge on any atom is -0.0345 e. The number of allylic oxidation sites excluding steroid dienone is 4. The van der Waals surface area contributed by atoms with Gasteiger partial charge in [0.1, 0.15) is 0 Å². The highest BCUT2D eigenvalue weighted by Crippen LogP contribution is 2.08. The topological polar surface area (TPSA) is 0 Å². The standard InChI is InChI=1S/C14H26/c1-4-6-7-8-9-10-11-13-14(3)12-5-2/h5,12-13H,4,6-11H2,1-3H3/b12-5?,14-13+. The average Bonchev–Trinajstić information content (AvgIpc) is 2.17. The molecule has 0 aliphatic carbocycles. The van der Waals surface area contributed by atoms with Crippen molar-refractivity contribution in [3.05, 3.63) is 23.8 Å². The third kappa shape index (κ3) is 9.57. The molecular formula is C14H26. The molecule has 0 radical (unpaired) electrons. The van der Waals surface area contributed by atoms with E-state index in [-0.39, 0.29) is 0 Å². The van der Waals surface area contributed by atoms with Gasteiger partial charge in [0.25, 0.3) is 0 Å². The molecule has 0 saturated carbocycles. The summed E-state index contributed by atoms with van der Waals surface area (Å²) in [5, 5.41) is 0. The molecule has 14 heavy (non-hydrogen) atoms. The van der Waals surface area contributed by atoms with Crippen molar-refractivity contribution in [2.45, 2.75) is 65.7 Å². The maximum absolute atomic E-state index is 2.35. The van der Waals surface area contributed by atoms with Crippen LogP contribution >= 0.6 is 0 Å². The van der Waals surface area contributed by atoms with Crippen LogP contribution in [0.25, 0.3) is 0 Å². The van der Waals surface area contributed by atoms with Crippen LogP contribution < -0.4 is 0 Å². The highest BCUT2D eigenvalue weighted by atomic mass is 13.9. The Balaban J connectivity index is 3.24. The summed E-state index contributed by atoms with van der Waals surface area (Å²) in [6.07, 6.45) is 16.2. The minimum absolute atomic E-state index is 1.25. The molecule has 0 rings (SSSR count). The lowest BCUT2D eigenvalue weighted by atomic mass is 10.1. The fraction of sp³-hybridized carbons (Fsp3) is 0.714. The van der Waals surface area contributed by atoms with E-state index < -0.39 is 0 Å². The third-order valence-corrected chi connectivity index (χ3v) is 2.45. The SMILES string of the molecule is CC=C/C(C)=C/CCCCCCCC. The predicted molar refractivity (Wildman–Crippen MR) is 66.6 cm³/mol. The quantitative estimate of drug-likeness (QED) is 0.365. The van der Waals surface area contributed by atoms with Crippen molar-refractivity contribution in [3.63, 3.8) is 0 Å². The van der Waals surface area contributed by atoms with Crippen LogP contribution in [0.4, 0.5) is 0 Å². The smallest absolute Gasteiger partial charge is 0.0345 e. The second-order valence-electron chi connectivity index (χ2n) is 4.00.